The monoisotopic (exact) mass is 238 g/mol. The van der Waals surface area contributed by atoms with Gasteiger partial charge in [-0.1, -0.05) is 26.0 Å². The Labute approximate surface area is 105 Å². The van der Waals surface area contributed by atoms with Gasteiger partial charge in [-0.2, -0.15) is 0 Å². The third-order valence-corrected chi connectivity index (χ3v) is 4.22. The maximum absolute atomic E-state index is 11.1. The lowest BCUT2D eigenvalue weighted by molar-refractivity contribution is -0.118. The van der Waals surface area contributed by atoms with E-state index in [4.69, 9.17) is 5.11 Å². The number of carbonyl (C=O) groups excluding carboxylic acids is 1. The fourth-order valence-electron chi connectivity index (χ4n) is 3.12. The molecule has 0 aromatic carbocycles. The highest BCUT2D eigenvalue weighted by Crippen LogP contribution is 2.55. The molecule has 2 atom stereocenters. The molecule has 0 spiro atoms. The fourth-order valence-corrected chi connectivity index (χ4v) is 3.12. The molecule has 0 aromatic heterocycles. The molecule has 1 aliphatic carbocycles. The SMILES string of the molecule is C=C(CCCO)[C@H]1CC(C)(C)[C@@H]1CCC(C)=O. The van der Waals surface area contributed by atoms with Crippen molar-refractivity contribution in [2.24, 2.45) is 17.3 Å². The van der Waals surface area contributed by atoms with E-state index in [9.17, 15) is 4.79 Å². The van der Waals surface area contributed by atoms with Gasteiger partial charge in [-0.25, -0.2) is 0 Å². The number of aliphatic hydroxyl groups is 1. The first kappa shape index (κ1) is 14.4. The van der Waals surface area contributed by atoms with Gasteiger partial charge < -0.3 is 9.90 Å². The van der Waals surface area contributed by atoms with Crippen LogP contribution in [-0.4, -0.2) is 17.5 Å². The van der Waals surface area contributed by atoms with Crippen molar-refractivity contribution in [3.05, 3.63) is 12.2 Å². The average molecular weight is 238 g/mol. The lowest BCUT2D eigenvalue weighted by Gasteiger charge is -2.53. The van der Waals surface area contributed by atoms with Gasteiger partial charge in [-0.3, -0.25) is 0 Å². The van der Waals surface area contributed by atoms with E-state index in [0.29, 0.717) is 23.7 Å². The van der Waals surface area contributed by atoms with E-state index in [1.54, 1.807) is 6.92 Å². The molecule has 98 valence electrons. The molecule has 0 heterocycles. The molecule has 2 nitrogen and oxygen atoms in total. The van der Waals surface area contributed by atoms with Crippen molar-refractivity contribution >= 4 is 5.78 Å². The van der Waals surface area contributed by atoms with E-state index in [1.807, 2.05) is 0 Å². The molecule has 1 rings (SSSR count). The zero-order valence-electron chi connectivity index (χ0n) is 11.5. The zero-order valence-corrected chi connectivity index (χ0v) is 11.5. The Morgan fingerprint density at radius 1 is 1.41 bits per heavy atom. The van der Waals surface area contributed by atoms with Gasteiger partial charge in [0.2, 0.25) is 0 Å². The molecule has 0 unspecified atom stereocenters. The number of allylic oxidation sites excluding steroid dienone is 1. The first-order valence-electron chi connectivity index (χ1n) is 6.66. The van der Waals surface area contributed by atoms with Crippen LogP contribution in [0.25, 0.3) is 0 Å². The number of rotatable bonds is 7. The molecule has 0 radical (unpaired) electrons. The number of Topliss-reactive ketones (excluding diaryl/α,β-unsaturated/α-hetero) is 1. The number of hydrogen-bond donors (Lipinski definition) is 1. The molecule has 1 N–H and O–H groups in total. The van der Waals surface area contributed by atoms with E-state index >= 15 is 0 Å². The van der Waals surface area contributed by atoms with Crippen molar-refractivity contribution in [3.8, 4) is 0 Å². The van der Waals surface area contributed by atoms with E-state index in [-0.39, 0.29) is 12.4 Å². The summed E-state index contributed by atoms with van der Waals surface area (Å²) in [5.74, 6) is 1.45. The van der Waals surface area contributed by atoms with Crippen molar-refractivity contribution in [2.45, 2.75) is 52.9 Å². The van der Waals surface area contributed by atoms with Crippen LogP contribution in [0, 0.1) is 17.3 Å². The molecule has 1 aliphatic rings. The standard InChI is InChI=1S/C15H26O2/c1-11(6-5-9-16)13-10-15(3,4)14(13)8-7-12(2)17/h13-14,16H,1,5-10H2,2-4H3/t13-,14-/m1/s1. The van der Waals surface area contributed by atoms with Crippen molar-refractivity contribution in [1.82, 2.24) is 0 Å². The second-order valence-electron chi connectivity index (χ2n) is 6.13. The minimum atomic E-state index is 0.243. The number of ketones is 1. The number of carbonyl (C=O) groups is 1. The number of hydrogen-bond acceptors (Lipinski definition) is 2. The van der Waals surface area contributed by atoms with Gasteiger partial charge in [-0.05, 0) is 49.9 Å². The predicted octanol–water partition coefficient (Wildman–Crippen LogP) is 3.35. The first-order valence-corrected chi connectivity index (χ1v) is 6.66. The summed E-state index contributed by atoms with van der Waals surface area (Å²) in [6, 6.07) is 0. The molecule has 0 saturated heterocycles. The van der Waals surface area contributed by atoms with E-state index in [1.165, 1.54) is 12.0 Å². The third kappa shape index (κ3) is 3.67. The smallest absolute Gasteiger partial charge is 0.129 e. The molecule has 0 bridgehead atoms. The highest BCUT2D eigenvalue weighted by molar-refractivity contribution is 5.75. The summed E-state index contributed by atoms with van der Waals surface area (Å²) in [7, 11) is 0. The van der Waals surface area contributed by atoms with Crippen LogP contribution in [0.15, 0.2) is 12.2 Å². The Bertz CT molecular complexity index is 291. The van der Waals surface area contributed by atoms with Gasteiger partial charge in [-0.15, -0.1) is 0 Å². The Morgan fingerprint density at radius 3 is 2.53 bits per heavy atom. The fraction of sp³-hybridized carbons (Fsp3) is 0.800. The molecule has 2 heteroatoms. The highest BCUT2D eigenvalue weighted by Gasteiger charge is 2.47. The summed E-state index contributed by atoms with van der Waals surface area (Å²) < 4.78 is 0. The van der Waals surface area contributed by atoms with Crippen molar-refractivity contribution < 1.29 is 9.90 Å². The van der Waals surface area contributed by atoms with E-state index in [0.717, 1.165) is 19.3 Å². The molecule has 0 aliphatic heterocycles. The van der Waals surface area contributed by atoms with Crippen LogP contribution in [-0.2, 0) is 4.79 Å². The number of aliphatic hydroxyl groups excluding tert-OH is 1. The molecule has 0 aromatic rings. The summed E-state index contributed by atoms with van der Waals surface area (Å²) in [5.41, 5.74) is 1.62. The van der Waals surface area contributed by atoms with Crippen LogP contribution < -0.4 is 0 Å². The van der Waals surface area contributed by atoms with Crippen molar-refractivity contribution in [1.29, 1.82) is 0 Å². The quantitative estimate of drug-likeness (QED) is 0.691. The van der Waals surface area contributed by atoms with Crippen LogP contribution in [0.1, 0.15) is 52.9 Å². The molecule has 1 saturated carbocycles. The predicted molar refractivity (Wildman–Crippen MR) is 70.8 cm³/mol. The molecular weight excluding hydrogens is 212 g/mol. The maximum atomic E-state index is 11.1. The van der Waals surface area contributed by atoms with E-state index in [2.05, 4.69) is 20.4 Å². The lowest BCUT2D eigenvalue weighted by Crippen LogP contribution is -2.44. The average Bonchev–Trinajstić information content (AvgIpc) is 2.22. The largest absolute Gasteiger partial charge is 0.396 e. The Balaban J connectivity index is 2.50. The maximum Gasteiger partial charge on any atom is 0.129 e. The lowest BCUT2D eigenvalue weighted by atomic mass is 9.52. The summed E-state index contributed by atoms with van der Waals surface area (Å²) >= 11 is 0. The molecular formula is C15H26O2. The third-order valence-electron chi connectivity index (χ3n) is 4.22. The van der Waals surface area contributed by atoms with Crippen molar-refractivity contribution in [3.63, 3.8) is 0 Å². The van der Waals surface area contributed by atoms with Crippen LogP contribution in [0.5, 0.6) is 0 Å². The minimum absolute atomic E-state index is 0.243. The Morgan fingerprint density at radius 2 is 2.06 bits per heavy atom. The summed E-state index contributed by atoms with van der Waals surface area (Å²) in [6.07, 6.45) is 4.60. The second-order valence-corrected chi connectivity index (χ2v) is 6.13. The normalized spacial score (nSPS) is 26.4. The van der Waals surface area contributed by atoms with Gasteiger partial charge in [0.05, 0.1) is 0 Å². The zero-order chi connectivity index (χ0) is 13.1. The highest BCUT2D eigenvalue weighted by atomic mass is 16.2. The Hall–Kier alpha value is -0.630. The van der Waals surface area contributed by atoms with Crippen LogP contribution in [0.2, 0.25) is 0 Å². The van der Waals surface area contributed by atoms with Gasteiger partial charge in [0, 0.05) is 13.0 Å². The molecule has 1 fully saturated rings. The summed E-state index contributed by atoms with van der Waals surface area (Å²) in [4.78, 5) is 11.1. The summed E-state index contributed by atoms with van der Waals surface area (Å²) in [6.45, 7) is 10.6. The van der Waals surface area contributed by atoms with Crippen molar-refractivity contribution in [2.75, 3.05) is 6.61 Å². The van der Waals surface area contributed by atoms with Crippen LogP contribution >= 0.6 is 0 Å². The molecule has 0 amide bonds. The van der Waals surface area contributed by atoms with Crippen LogP contribution in [0.3, 0.4) is 0 Å². The minimum Gasteiger partial charge on any atom is -0.396 e. The molecule has 17 heavy (non-hydrogen) atoms. The van der Waals surface area contributed by atoms with Crippen LogP contribution in [0.4, 0.5) is 0 Å². The topological polar surface area (TPSA) is 37.3 Å². The van der Waals surface area contributed by atoms with Gasteiger partial charge in [0.1, 0.15) is 5.78 Å². The van der Waals surface area contributed by atoms with Gasteiger partial charge in [0.15, 0.2) is 0 Å². The Kier molecular flexibility index (Phi) is 4.93. The summed E-state index contributed by atoms with van der Waals surface area (Å²) in [5, 5.41) is 8.85. The first-order chi connectivity index (χ1) is 7.88. The second kappa shape index (κ2) is 5.81. The van der Waals surface area contributed by atoms with Gasteiger partial charge >= 0.3 is 0 Å². The van der Waals surface area contributed by atoms with E-state index < -0.39 is 0 Å². The van der Waals surface area contributed by atoms with Gasteiger partial charge in [0.25, 0.3) is 0 Å².